The quantitative estimate of drug-likeness (QED) is 0.768. The first-order valence-electron chi connectivity index (χ1n) is 7.95. The van der Waals surface area contributed by atoms with Gasteiger partial charge in [0.15, 0.2) is 0 Å². The van der Waals surface area contributed by atoms with Crippen molar-refractivity contribution in [2.75, 3.05) is 5.32 Å². The number of carbonyl (C=O) groups is 2. The summed E-state index contributed by atoms with van der Waals surface area (Å²) >= 11 is 0. The van der Waals surface area contributed by atoms with Crippen LogP contribution in [0.15, 0.2) is 55.0 Å². The van der Waals surface area contributed by atoms with Gasteiger partial charge in [0.25, 0.3) is 11.8 Å². The van der Waals surface area contributed by atoms with Crippen LogP contribution < -0.4 is 10.6 Å². The van der Waals surface area contributed by atoms with Crippen molar-refractivity contribution in [3.05, 3.63) is 66.1 Å². The molecule has 0 bridgehead atoms. The van der Waals surface area contributed by atoms with Crippen molar-refractivity contribution in [3.63, 3.8) is 0 Å². The number of nitrogens with zero attached hydrogens (tertiary/aromatic N) is 2. The number of nitrogens with one attached hydrogen (secondary N) is 2. The van der Waals surface area contributed by atoms with Gasteiger partial charge in [-0.05, 0) is 32.0 Å². The Morgan fingerprint density at radius 1 is 1.00 bits per heavy atom. The molecular formula is C19H18N4O2. The van der Waals surface area contributed by atoms with Gasteiger partial charge in [0.1, 0.15) is 0 Å². The van der Waals surface area contributed by atoms with E-state index in [1.165, 1.54) is 18.5 Å². The molecule has 2 amide bonds. The third-order valence-electron chi connectivity index (χ3n) is 3.56. The van der Waals surface area contributed by atoms with Crippen LogP contribution in [0.3, 0.4) is 0 Å². The summed E-state index contributed by atoms with van der Waals surface area (Å²) in [5.41, 5.74) is 1.97. The number of aromatic nitrogens is 2. The van der Waals surface area contributed by atoms with Gasteiger partial charge in [0, 0.05) is 30.0 Å². The molecule has 0 saturated heterocycles. The summed E-state index contributed by atoms with van der Waals surface area (Å²) in [6.07, 6.45) is 4.55. The Balaban J connectivity index is 1.85. The summed E-state index contributed by atoms with van der Waals surface area (Å²) in [4.78, 5) is 32.9. The summed E-state index contributed by atoms with van der Waals surface area (Å²) in [6.45, 7) is 3.74. The predicted molar refractivity (Wildman–Crippen MR) is 96.5 cm³/mol. The zero-order valence-electron chi connectivity index (χ0n) is 14.0. The van der Waals surface area contributed by atoms with E-state index in [1.54, 1.807) is 12.3 Å². The molecule has 0 saturated carbocycles. The first-order valence-corrected chi connectivity index (χ1v) is 7.95. The number of fused-ring (bicyclic) bond motifs is 1. The van der Waals surface area contributed by atoms with Crippen LogP contribution in [0.2, 0.25) is 0 Å². The summed E-state index contributed by atoms with van der Waals surface area (Å²) in [6, 6.07) is 10.9. The van der Waals surface area contributed by atoms with Gasteiger partial charge in [0.2, 0.25) is 0 Å². The summed E-state index contributed by atoms with van der Waals surface area (Å²) in [5.74, 6) is -0.603. The molecule has 0 aliphatic rings. The van der Waals surface area contributed by atoms with Gasteiger partial charge in [-0.1, -0.05) is 18.2 Å². The summed E-state index contributed by atoms with van der Waals surface area (Å²) in [5, 5.41) is 6.55. The highest BCUT2D eigenvalue weighted by Gasteiger charge is 2.13. The van der Waals surface area contributed by atoms with Gasteiger partial charge in [-0.25, -0.2) is 0 Å². The minimum absolute atomic E-state index is 0.00624. The lowest BCUT2D eigenvalue weighted by Gasteiger charge is -2.10. The van der Waals surface area contributed by atoms with E-state index in [0.29, 0.717) is 22.3 Å². The minimum Gasteiger partial charge on any atom is -0.350 e. The molecule has 0 spiro atoms. The highest BCUT2D eigenvalue weighted by atomic mass is 16.2. The zero-order valence-corrected chi connectivity index (χ0v) is 14.0. The van der Waals surface area contributed by atoms with Gasteiger partial charge in [0.05, 0.1) is 22.3 Å². The van der Waals surface area contributed by atoms with E-state index in [1.807, 2.05) is 38.1 Å². The molecule has 126 valence electrons. The van der Waals surface area contributed by atoms with Gasteiger partial charge in [-0.15, -0.1) is 0 Å². The Kier molecular flexibility index (Phi) is 4.70. The highest BCUT2D eigenvalue weighted by molar-refractivity contribution is 6.09. The lowest BCUT2D eigenvalue weighted by Crippen LogP contribution is -2.30. The van der Waals surface area contributed by atoms with Crippen LogP contribution in [-0.4, -0.2) is 27.8 Å². The van der Waals surface area contributed by atoms with Crippen molar-refractivity contribution in [3.8, 4) is 0 Å². The smallest absolute Gasteiger partial charge is 0.257 e. The molecule has 0 aliphatic carbocycles. The zero-order chi connectivity index (χ0) is 17.8. The van der Waals surface area contributed by atoms with E-state index in [4.69, 9.17) is 0 Å². The van der Waals surface area contributed by atoms with E-state index < -0.39 is 0 Å². The van der Waals surface area contributed by atoms with Crippen LogP contribution in [-0.2, 0) is 0 Å². The molecule has 6 heteroatoms. The van der Waals surface area contributed by atoms with Crippen LogP contribution in [0.25, 0.3) is 10.9 Å². The first kappa shape index (κ1) is 16.6. The average Bonchev–Trinajstić information content (AvgIpc) is 2.61. The summed E-state index contributed by atoms with van der Waals surface area (Å²) < 4.78 is 0. The Morgan fingerprint density at radius 2 is 1.72 bits per heavy atom. The van der Waals surface area contributed by atoms with Gasteiger partial charge in [-0.2, -0.15) is 0 Å². The molecule has 0 radical (unpaired) electrons. The molecule has 2 aromatic heterocycles. The fraction of sp³-hybridized carbons (Fsp3) is 0.158. The Labute approximate surface area is 145 Å². The van der Waals surface area contributed by atoms with Crippen molar-refractivity contribution in [2.24, 2.45) is 0 Å². The first-order chi connectivity index (χ1) is 12.0. The number of para-hydroxylation sites is 1. The van der Waals surface area contributed by atoms with Crippen molar-refractivity contribution in [1.29, 1.82) is 0 Å². The second kappa shape index (κ2) is 7.09. The van der Waals surface area contributed by atoms with Crippen LogP contribution in [0, 0.1) is 0 Å². The molecule has 2 N–H and O–H groups in total. The van der Waals surface area contributed by atoms with E-state index in [9.17, 15) is 9.59 Å². The molecule has 0 atom stereocenters. The number of rotatable bonds is 4. The number of hydrogen-bond donors (Lipinski definition) is 2. The minimum atomic E-state index is -0.343. The van der Waals surface area contributed by atoms with Crippen LogP contribution in [0.1, 0.15) is 34.6 Å². The lowest BCUT2D eigenvalue weighted by molar-refractivity contribution is 0.0942. The molecule has 0 fully saturated rings. The van der Waals surface area contributed by atoms with E-state index >= 15 is 0 Å². The van der Waals surface area contributed by atoms with Gasteiger partial charge in [-0.3, -0.25) is 19.6 Å². The molecular weight excluding hydrogens is 316 g/mol. The molecule has 6 nitrogen and oxygen atoms in total. The maximum absolute atomic E-state index is 12.5. The second-order valence-electron chi connectivity index (χ2n) is 5.93. The molecule has 3 aromatic rings. The SMILES string of the molecule is CC(C)NC(=O)c1cncc(C(=O)Nc2cccc3cccnc23)c1. The third-order valence-corrected chi connectivity index (χ3v) is 3.56. The topological polar surface area (TPSA) is 84.0 Å². The lowest BCUT2D eigenvalue weighted by atomic mass is 10.1. The second-order valence-corrected chi connectivity index (χ2v) is 5.93. The Bertz CT molecular complexity index is 932. The van der Waals surface area contributed by atoms with Crippen LogP contribution in [0.4, 0.5) is 5.69 Å². The monoisotopic (exact) mass is 334 g/mol. The maximum Gasteiger partial charge on any atom is 0.257 e. The number of pyridine rings is 2. The molecule has 1 aromatic carbocycles. The third kappa shape index (κ3) is 3.80. The maximum atomic E-state index is 12.5. The molecule has 25 heavy (non-hydrogen) atoms. The molecule has 0 unspecified atom stereocenters. The summed E-state index contributed by atoms with van der Waals surface area (Å²) in [7, 11) is 0. The standard InChI is InChI=1S/C19H18N4O2/c1-12(2)22-18(24)14-9-15(11-20-10-14)19(25)23-16-7-3-5-13-6-4-8-21-17(13)16/h3-12H,1-2H3,(H,22,24)(H,23,25). The van der Waals surface area contributed by atoms with Gasteiger partial charge >= 0.3 is 0 Å². The molecule has 2 heterocycles. The average molecular weight is 334 g/mol. The fourth-order valence-corrected chi connectivity index (χ4v) is 2.43. The molecule has 3 rings (SSSR count). The van der Waals surface area contributed by atoms with Crippen LogP contribution >= 0.6 is 0 Å². The van der Waals surface area contributed by atoms with E-state index in [0.717, 1.165) is 5.39 Å². The van der Waals surface area contributed by atoms with Gasteiger partial charge < -0.3 is 10.6 Å². The predicted octanol–water partition coefficient (Wildman–Crippen LogP) is 3.02. The van der Waals surface area contributed by atoms with Crippen molar-refractivity contribution >= 4 is 28.4 Å². The number of carbonyl (C=O) groups excluding carboxylic acids is 2. The van der Waals surface area contributed by atoms with Crippen molar-refractivity contribution in [2.45, 2.75) is 19.9 Å². The van der Waals surface area contributed by atoms with Crippen molar-refractivity contribution < 1.29 is 9.59 Å². The normalized spacial score (nSPS) is 10.7. The fourth-order valence-electron chi connectivity index (χ4n) is 2.43. The van der Waals surface area contributed by atoms with E-state index in [2.05, 4.69) is 20.6 Å². The van der Waals surface area contributed by atoms with E-state index in [-0.39, 0.29) is 17.9 Å². The molecule has 0 aliphatic heterocycles. The number of hydrogen-bond acceptors (Lipinski definition) is 4. The van der Waals surface area contributed by atoms with Crippen LogP contribution in [0.5, 0.6) is 0 Å². The highest BCUT2D eigenvalue weighted by Crippen LogP contribution is 2.21. The number of anilines is 1. The Hall–Kier alpha value is -3.28. The van der Waals surface area contributed by atoms with Crippen molar-refractivity contribution in [1.82, 2.24) is 15.3 Å². The Morgan fingerprint density at radius 3 is 2.48 bits per heavy atom. The number of amides is 2. The number of benzene rings is 1. The largest absolute Gasteiger partial charge is 0.350 e.